The number of amides is 1. The average Bonchev–Trinajstić information content (AvgIpc) is 3.19. The van der Waals surface area contributed by atoms with Crippen LogP contribution in [-0.4, -0.2) is 49.0 Å². The number of rotatable bonds is 8. The molecule has 3 aromatic rings. The van der Waals surface area contributed by atoms with Crippen molar-refractivity contribution < 1.29 is 14.7 Å². The van der Waals surface area contributed by atoms with Crippen LogP contribution in [0.25, 0.3) is 11.2 Å². The number of imidazole rings is 1. The van der Waals surface area contributed by atoms with E-state index in [1.165, 1.54) is 17.2 Å². The number of H-pyrrole nitrogens is 1. The summed E-state index contributed by atoms with van der Waals surface area (Å²) in [6.45, 7) is -0.265. The lowest BCUT2D eigenvalue weighted by Crippen LogP contribution is -2.42. The molecule has 0 fully saturated rings. The summed E-state index contributed by atoms with van der Waals surface area (Å²) in [4.78, 5) is 47.7. The van der Waals surface area contributed by atoms with Crippen LogP contribution in [0.3, 0.4) is 0 Å². The van der Waals surface area contributed by atoms with Crippen LogP contribution in [0.5, 0.6) is 0 Å². The zero-order valence-electron chi connectivity index (χ0n) is 16.0. The lowest BCUT2D eigenvalue weighted by Gasteiger charge is -2.19. The predicted octanol–water partition coefficient (Wildman–Crippen LogP) is 3.53. The average molecular weight is 542 g/mol. The molecule has 0 aliphatic rings. The molecule has 0 aliphatic carbocycles. The summed E-state index contributed by atoms with van der Waals surface area (Å²) in [6, 6.07) is -1.16. The van der Waals surface area contributed by atoms with Gasteiger partial charge in [-0.25, -0.2) is 9.97 Å². The number of carbonyl (C=O) groups is 2. The van der Waals surface area contributed by atoms with Gasteiger partial charge in [-0.3, -0.25) is 14.4 Å². The SMILES string of the molecule is O=C(CCn1cnc2c(=O)[nH]cnc21)NC(CCO)C(=O)c1c(Cl)c(Cl)c(Cl)c(Cl)c1Cl. The molecule has 0 saturated carbocycles. The van der Waals surface area contributed by atoms with Crippen molar-refractivity contribution in [2.75, 3.05) is 6.61 Å². The number of benzene rings is 1. The van der Waals surface area contributed by atoms with Crippen LogP contribution >= 0.6 is 58.0 Å². The Morgan fingerprint density at radius 3 is 2.31 bits per heavy atom. The molecule has 0 radical (unpaired) electrons. The number of aromatic nitrogens is 4. The second-order valence-corrected chi connectivity index (χ2v) is 8.42. The molecule has 1 amide bonds. The van der Waals surface area contributed by atoms with E-state index < -0.39 is 29.9 Å². The third kappa shape index (κ3) is 4.88. The molecule has 14 heteroatoms. The molecular weight excluding hydrogens is 527 g/mol. The number of nitrogens with one attached hydrogen (secondary N) is 2. The summed E-state index contributed by atoms with van der Waals surface area (Å²) >= 11 is 30.3. The van der Waals surface area contributed by atoms with Crippen molar-refractivity contribution in [3.05, 3.63) is 53.7 Å². The summed E-state index contributed by atoms with van der Waals surface area (Å²) in [5, 5.41) is 11.1. The highest BCUT2D eigenvalue weighted by molar-refractivity contribution is 6.56. The van der Waals surface area contributed by atoms with Gasteiger partial charge in [-0.2, -0.15) is 0 Å². The van der Waals surface area contributed by atoms with Crippen molar-refractivity contribution in [1.29, 1.82) is 0 Å². The van der Waals surface area contributed by atoms with E-state index in [0.29, 0.717) is 5.65 Å². The maximum absolute atomic E-state index is 13.1. The molecule has 0 spiro atoms. The fourth-order valence-corrected chi connectivity index (χ4v) is 4.26. The molecule has 1 aromatic carbocycles. The van der Waals surface area contributed by atoms with E-state index in [1.807, 2.05) is 0 Å². The van der Waals surface area contributed by atoms with Crippen molar-refractivity contribution in [2.45, 2.75) is 25.4 Å². The smallest absolute Gasteiger partial charge is 0.278 e. The fourth-order valence-electron chi connectivity index (χ4n) is 2.94. The van der Waals surface area contributed by atoms with E-state index >= 15 is 0 Å². The van der Waals surface area contributed by atoms with Gasteiger partial charge in [0.05, 0.1) is 49.4 Å². The molecular formula is C18H14Cl5N5O4. The normalized spacial score (nSPS) is 12.2. The second kappa shape index (κ2) is 10.4. The van der Waals surface area contributed by atoms with Gasteiger partial charge < -0.3 is 20.0 Å². The molecule has 2 heterocycles. The largest absolute Gasteiger partial charge is 0.396 e. The van der Waals surface area contributed by atoms with Crippen molar-refractivity contribution in [2.24, 2.45) is 0 Å². The molecule has 0 bridgehead atoms. The summed E-state index contributed by atoms with van der Waals surface area (Å²) in [5.41, 5.74) is -0.160. The Morgan fingerprint density at radius 2 is 1.69 bits per heavy atom. The Labute approximate surface area is 205 Å². The van der Waals surface area contributed by atoms with Crippen molar-refractivity contribution in [1.82, 2.24) is 24.8 Å². The Kier molecular flexibility index (Phi) is 8.02. The van der Waals surface area contributed by atoms with E-state index in [0.717, 1.165) is 0 Å². The molecule has 0 aliphatic heterocycles. The van der Waals surface area contributed by atoms with Gasteiger partial charge in [0.15, 0.2) is 16.9 Å². The first-order valence-electron chi connectivity index (χ1n) is 9.01. The van der Waals surface area contributed by atoms with Gasteiger partial charge in [0.25, 0.3) is 5.56 Å². The minimum atomic E-state index is -1.16. The number of fused-ring (bicyclic) bond motifs is 1. The van der Waals surface area contributed by atoms with Gasteiger partial charge in [0, 0.05) is 19.6 Å². The Balaban J connectivity index is 1.78. The minimum Gasteiger partial charge on any atom is -0.396 e. The van der Waals surface area contributed by atoms with Crippen LogP contribution in [0.15, 0.2) is 17.4 Å². The van der Waals surface area contributed by atoms with Crippen LogP contribution in [0.1, 0.15) is 23.2 Å². The van der Waals surface area contributed by atoms with Crippen molar-refractivity contribution in [3.8, 4) is 0 Å². The van der Waals surface area contributed by atoms with Gasteiger partial charge in [0.2, 0.25) is 5.91 Å². The Morgan fingerprint density at radius 1 is 1.06 bits per heavy atom. The van der Waals surface area contributed by atoms with Gasteiger partial charge in [-0.1, -0.05) is 58.0 Å². The monoisotopic (exact) mass is 539 g/mol. The molecule has 32 heavy (non-hydrogen) atoms. The number of aryl methyl sites for hydroxylation is 1. The number of nitrogens with zero attached hydrogens (tertiary/aromatic N) is 3. The number of hydrogen-bond donors (Lipinski definition) is 3. The summed E-state index contributed by atoms with van der Waals surface area (Å²) < 4.78 is 1.53. The van der Waals surface area contributed by atoms with Crippen LogP contribution in [0, 0.1) is 0 Å². The highest BCUT2D eigenvalue weighted by Crippen LogP contribution is 2.44. The molecule has 2 aromatic heterocycles. The Bertz CT molecular complexity index is 1230. The number of hydrogen-bond acceptors (Lipinski definition) is 6. The molecule has 0 saturated heterocycles. The highest BCUT2D eigenvalue weighted by Gasteiger charge is 2.29. The van der Waals surface area contributed by atoms with Crippen molar-refractivity contribution in [3.63, 3.8) is 0 Å². The zero-order valence-corrected chi connectivity index (χ0v) is 19.7. The van der Waals surface area contributed by atoms with Gasteiger partial charge >= 0.3 is 0 Å². The first-order chi connectivity index (χ1) is 15.2. The van der Waals surface area contributed by atoms with Crippen LogP contribution in [0.4, 0.5) is 0 Å². The van der Waals surface area contributed by atoms with Gasteiger partial charge in [-0.05, 0) is 6.42 Å². The van der Waals surface area contributed by atoms with E-state index in [4.69, 9.17) is 58.0 Å². The minimum absolute atomic E-state index is 0.0707. The van der Waals surface area contributed by atoms with Crippen molar-refractivity contribution >= 4 is 80.9 Å². The zero-order chi connectivity index (χ0) is 23.6. The quantitative estimate of drug-likeness (QED) is 0.227. The number of aliphatic hydroxyl groups excluding tert-OH is 1. The fraction of sp³-hybridized carbons (Fsp3) is 0.278. The molecule has 1 unspecified atom stereocenters. The third-order valence-electron chi connectivity index (χ3n) is 4.51. The molecule has 3 N–H and O–H groups in total. The predicted molar refractivity (Wildman–Crippen MR) is 122 cm³/mol. The summed E-state index contributed by atoms with van der Waals surface area (Å²) in [7, 11) is 0. The Hall–Kier alpha value is -1.88. The van der Waals surface area contributed by atoms with Crippen LogP contribution in [0.2, 0.25) is 25.1 Å². The van der Waals surface area contributed by atoms with Crippen LogP contribution in [-0.2, 0) is 11.3 Å². The first kappa shape index (κ1) is 24.8. The lowest BCUT2D eigenvalue weighted by molar-refractivity contribution is -0.121. The van der Waals surface area contributed by atoms with Crippen LogP contribution < -0.4 is 10.9 Å². The number of aliphatic hydroxyl groups is 1. The van der Waals surface area contributed by atoms with Gasteiger partial charge in [-0.15, -0.1) is 0 Å². The van der Waals surface area contributed by atoms with Gasteiger partial charge in [0.1, 0.15) is 0 Å². The molecule has 3 rings (SSSR count). The van der Waals surface area contributed by atoms with E-state index in [-0.39, 0.29) is 55.6 Å². The molecule has 170 valence electrons. The highest BCUT2D eigenvalue weighted by atomic mass is 35.5. The standard InChI is InChI=1S/C18H14Cl5N5O4/c19-10-9(11(20)13(22)14(23)12(10)21)16(31)7(2-4-29)27-8(30)1-3-28-6-26-15-17(28)24-5-25-18(15)32/h5-7,29H,1-4H2,(H,27,30)(H,24,25,32). The summed E-state index contributed by atoms with van der Waals surface area (Å²) in [6.07, 6.45) is 2.43. The number of aromatic amines is 1. The maximum atomic E-state index is 13.1. The number of halogens is 5. The lowest BCUT2D eigenvalue weighted by atomic mass is 10.0. The molecule has 1 atom stereocenters. The van der Waals surface area contributed by atoms with E-state index in [2.05, 4.69) is 20.3 Å². The number of carbonyl (C=O) groups excluding carboxylic acids is 2. The molecule has 9 nitrogen and oxygen atoms in total. The number of Topliss-reactive ketones (excluding diaryl/α,β-unsaturated/α-hetero) is 1. The number of ketones is 1. The van der Waals surface area contributed by atoms with E-state index in [9.17, 15) is 19.5 Å². The maximum Gasteiger partial charge on any atom is 0.278 e. The topological polar surface area (TPSA) is 130 Å². The van der Waals surface area contributed by atoms with E-state index in [1.54, 1.807) is 0 Å². The summed E-state index contributed by atoms with van der Waals surface area (Å²) in [5.74, 6) is -1.20. The first-order valence-corrected chi connectivity index (χ1v) is 10.9. The third-order valence-corrected chi connectivity index (χ3v) is 6.79. The second-order valence-electron chi connectivity index (χ2n) is 6.53.